The number of carbonyl (C=O) groups excluding carboxylic acids is 1. The van der Waals surface area contributed by atoms with E-state index in [1.807, 2.05) is 20.8 Å². The number of aliphatic hydroxyl groups excluding tert-OH is 1. The molecule has 4 heteroatoms. The highest BCUT2D eigenvalue weighted by atomic mass is 16.6. The lowest BCUT2D eigenvalue weighted by Gasteiger charge is -2.39. The number of ether oxygens (including phenoxy) is 1. The quantitative estimate of drug-likeness (QED) is 0.697. The first-order valence-corrected chi connectivity index (χ1v) is 6.96. The van der Waals surface area contributed by atoms with Gasteiger partial charge in [-0.25, -0.2) is 0 Å². The second kappa shape index (κ2) is 4.82. The van der Waals surface area contributed by atoms with Gasteiger partial charge >= 0.3 is 5.97 Å². The molecule has 2 fully saturated rings. The molecule has 4 nitrogen and oxygen atoms in total. The number of hydrogen-bond acceptors (Lipinski definition) is 4. The first-order chi connectivity index (χ1) is 8.34. The zero-order valence-corrected chi connectivity index (χ0v) is 11.7. The highest BCUT2D eigenvalue weighted by Gasteiger charge is 2.53. The highest BCUT2D eigenvalue weighted by Crippen LogP contribution is 2.50. The maximum absolute atomic E-state index is 12.3. The van der Waals surface area contributed by atoms with Crippen molar-refractivity contribution in [1.82, 2.24) is 5.32 Å². The molecule has 2 unspecified atom stereocenters. The third-order valence-corrected chi connectivity index (χ3v) is 4.24. The monoisotopic (exact) mass is 255 g/mol. The molecule has 18 heavy (non-hydrogen) atoms. The molecule has 1 aliphatic heterocycles. The zero-order chi connectivity index (χ0) is 13.4. The van der Waals surface area contributed by atoms with Gasteiger partial charge in [-0.3, -0.25) is 4.79 Å². The van der Waals surface area contributed by atoms with Gasteiger partial charge in [-0.1, -0.05) is 0 Å². The van der Waals surface area contributed by atoms with Gasteiger partial charge in [0.15, 0.2) is 0 Å². The number of carbonyl (C=O) groups is 1. The lowest BCUT2D eigenvalue weighted by Crippen LogP contribution is -2.46. The van der Waals surface area contributed by atoms with Crippen LogP contribution in [-0.4, -0.2) is 35.9 Å². The fourth-order valence-corrected chi connectivity index (χ4v) is 3.42. The molecule has 1 saturated heterocycles. The van der Waals surface area contributed by atoms with Crippen molar-refractivity contribution >= 4 is 5.97 Å². The Kier molecular flexibility index (Phi) is 3.70. The number of esters is 1. The first-order valence-electron chi connectivity index (χ1n) is 6.96. The van der Waals surface area contributed by atoms with Crippen LogP contribution in [-0.2, 0) is 9.53 Å². The van der Waals surface area contributed by atoms with Crippen molar-refractivity contribution in [3.05, 3.63) is 0 Å². The van der Waals surface area contributed by atoms with Gasteiger partial charge in [0.05, 0.1) is 12.0 Å². The van der Waals surface area contributed by atoms with E-state index in [1.165, 1.54) is 0 Å². The molecule has 1 saturated carbocycles. The highest BCUT2D eigenvalue weighted by molar-refractivity contribution is 5.75. The fraction of sp³-hybridized carbons (Fsp3) is 0.929. The Balaban J connectivity index is 2.14. The first kappa shape index (κ1) is 13.8. The summed E-state index contributed by atoms with van der Waals surface area (Å²) in [5, 5.41) is 13.5. The third kappa shape index (κ3) is 2.69. The summed E-state index contributed by atoms with van der Waals surface area (Å²) >= 11 is 0. The van der Waals surface area contributed by atoms with Gasteiger partial charge in [0.25, 0.3) is 0 Å². The standard InChI is InChI=1S/C14H25NO3/c1-13(2,3)18-12(17)11-10(16)4-5-14(11)6-8-15-9-7-14/h10-11,15-16H,4-9H2,1-3H3. The number of rotatable bonds is 1. The Morgan fingerprint density at radius 2 is 1.89 bits per heavy atom. The third-order valence-electron chi connectivity index (χ3n) is 4.24. The number of aliphatic hydroxyl groups is 1. The summed E-state index contributed by atoms with van der Waals surface area (Å²) in [5.41, 5.74) is -0.513. The van der Waals surface area contributed by atoms with Crippen LogP contribution in [0, 0.1) is 11.3 Å². The van der Waals surface area contributed by atoms with Crippen molar-refractivity contribution in [2.75, 3.05) is 13.1 Å². The summed E-state index contributed by atoms with van der Waals surface area (Å²) in [5.74, 6) is -0.548. The van der Waals surface area contributed by atoms with Crippen LogP contribution in [0.1, 0.15) is 46.5 Å². The van der Waals surface area contributed by atoms with E-state index >= 15 is 0 Å². The zero-order valence-electron chi connectivity index (χ0n) is 11.7. The van der Waals surface area contributed by atoms with E-state index in [9.17, 15) is 9.90 Å². The van der Waals surface area contributed by atoms with E-state index in [1.54, 1.807) is 0 Å². The van der Waals surface area contributed by atoms with Crippen LogP contribution in [0.3, 0.4) is 0 Å². The molecule has 2 aliphatic rings. The predicted molar refractivity (Wildman–Crippen MR) is 69.1 cm³/mol. The van der Waals surface area contributed by atoms with Gasteiger partial charge in [0, 0.05) is 0 Å². The van der Waals surface area contributed by atoms with Crippen LogP contribution in [0.4, 0.5) is 0 Å². The van der Waals surface area contributed by atoms with Gasteiger partial charge in [-0.05, 0) is 65.0 Å². The van der Waals surface area contributed by atoms with Crippen LogP contribution in [0.5, 0.6) is 0 Å². The van der Waals surface area contributed by atoms with E-state index in [0.29, 0.717) is 0 Å². The second-order valence-electron chi connectivity index (χ2n) is 6.73. The summed E-state index contributed by atoms with van der Waals surface area (Å²) in [4.78, 5) is 12.3. The van der Waals surface area contributed by atoms with Gasteiger partial charge in [-0.15, -0.1) is 0 Å². The van der Waals surface area contributed by atoms with Gasteiger partial charge in [0.1, 0.15) is 5.60 Å². The van der Waals surface area contributed by atoms with Crippen LogP contribution in [0.15, 0.2) is 0 Å². The molecule has 2 atom stereocenters. The lowest BCUT2D eigenvalue weighted by molar-refractivity contribution is -0.168. The van der Waals surface area contributed by atoms with E-state index in [2.05, 4.69) is 5.32 Å². The second-order valence-corrected chi connectivity index (χ2v) is 6.73. The largest absolute Gasteiger partial charge is 0.460 e. The Morgan fingerprint density at radius 1 is 1.28 bits per heavy atom. The molecular formula is C14H25NO3. The molecule has 0 aromatic carbocycles. The van der Waals surface area contributed by atoms with Crippen LogP contribution in [0.2, 0.25) is 0 Å². The van der Waals surface area contributed by atoms with Gasteiger partial charge in [0.2, 0.25) is 0 Å². The smallest absolute Gasteiger partial charge is 0.312 e. The molecule has 104 valence electrons. The predicted octanol–water partition coefficient (Wildman–Crippen LogP) is 1.47. The summed E-state index contributed by atoms with van der Waals surface area (Å²) in [7, 11) is 0. The minimum Gasteiger partial charge on any atom is -0.460 e. The van der Waals surface area contributed by atoms with E-state index in [0.717, 1.165) is 38.8 Å². The van der Waals surface area contributed by atoms with Crippen molar-refractivity contribution in [2.24, 2.45) is 11.3 Å². The summed E-state index contributed by atoms with van der Waals surface area (Å²) in [6.45, 7) is 7.50. The molecule has 1 spiro atoms. The topological polar surface area (TPSA) is 58.6 Å². The summed E-state index contributed by atoms with van der Waals surface area (Å²) in [6.07, 6.45) is 3.07. The molecule has 1 heterocycles. The van der Waals surface area contributed by atoms with Gasteiger partial charge < -0.3 is 15.2 Å². The van der Waals surface area contributed by atoms with Crippen LogP contribution in [0.25, 0.3) is 0 Å². The van der Waals surface area contributed by atoms with E-state index in [-0.39, 0.29) is 17.3 Å². The SMILES string of the molecule is CC(C)(C)OC(=O)C1C(O)CCC12CCNCC2. The maximum Gasteiger partial charge on any atom is 0.312 e. The van der Waals surface area contributed by atoms with Crippen LogP contribution < -0.4 is 5.32 Å². The molecule has 0 amide bonds. The molecule has 0 aromatic heterocycles. The molecule has 0 bridgehead atoms. The lowest BCUT2D eigenvalue weighted by atomic mass is 9.70. The fourth-order valence-electron chi connectivity index (χ4n) is 3.42. The number of nitrogens with one attached hydrogen (secondary N) is 1. The summed E-state index contributed by atoms with van der Waals surface area (Å²) in [6, 6.07) is 0. The molecular weight excluding hydrogens is 230 g/mol. The minimum absolute atomic E-state index is 0.0347. The normalized spacial score (nSPS) is 31.6. The Hall–Kier alpha value is -0.610. The van der Waals surface area contributed by atoms with Crippen molar-refractivity contribution < 1.29 is 14.6 Å². The van der Waals surface area contributed by atoms with Crippen molar-refractivity contribution in [1.29, 1.82) is 0 Å². The van der Waals surface area contributed by atoms with Gasteiger partial charge in [-0.2, -0.15) is 0 Å². The molecule has 0 radical (unpaired) electrons. The maximum atomic E-state index is 12.3. The van der Waals surface area contributed by atoms with E-state index in [4.69, 9.17) is 4.74 Å². The molecule has 0 aromatic rings. The van der Waals surface area contributed by atoms with Crippen molar-refractivity contribution in [3.63, 3.8) is 0 Å². The average molecular weight is 255 g/mol. The minimum atomic E-state index is -0.530. The number of piperidine rings is 1. The van der Waals surface area contributed by atoms with Crippen LogP contribution >= 0.6 is 0 Å². The van der Waals surface area contributed by atoms with Crippen molar-refractivity contribution in [3.8, 4) is 0 Å². The van der Waals surface area contributed by atoms with Crippen molar-refractivity contribution in [2.45, 2.75) is 58.2 Å². The Morgan fingerprint density at radius 3 is 2.44 bits per heavy atom. The number of hydrogen-bond donors (Lipinski definition) is 2. The van der Waals surface area contributed by atoms with E-state index < -0.39 is 11.7 Å². The average Bonchev–Trinajstić information content (AvgIpc) is 2.54. The Labute approximate surface area is 109 Å². The molecule has 2 N–H and O–H groups in total. The summed E-state index contributed by atoms with van der Waals surface area (Å²) < 4.78 is 5.50. The molecule has 1 aliphatic carbocycles. The molecule has 2 rings (SSSR count). The Bertz CT molecular complexity index is 310.